The zero-order chi connectivity index (χ0) is 15.3. The zero-order valence-electron chi connectivity index (χ0n) is 12.3. The van der Waals surface area contributed by atoms with E-state index >= 15 is 0 Å². The topological polar surface area (TPSA) is 75.5 Å². The van der Waals surface area contributed by atoms with Crippen molar-refractivity contribution in [2.45, 2.75) is 44.7 Å². The number of aromatic nitrogens is 2. The van der Waals surface area contributed by atoms with Crippen molar-refractivity contribution in [3.8, 4) is 0 Å². The molecule has 0 N–H and O–H groups in total. The molecule has 0 aromatic carbocycles. The standard InChI is InChI=1S/C15H18N4O3/c20-13-3-4-14(21)18(13)9-15(22)17-5-6-19-11(8-17)7-12(16-19)10-1-2-10/h7,10H,1-6,8-9H2. The van der Waals surface area contributed by atoms with Gasteiger partial charge in [-0.05, 0) is 18.9 Å². The largest absolute Gasteiger partial charge is 0.333 e. The maximum atomic E-state index is 12.4. The normalized spacial score (nSPS) is 21.5. The molecule has 0 spiro atoms. The Balaban J connectivity index is 1.43. The van der Waals surface area contributed by atoms with E-state index in [2.05, 4.69) is 11.2 Å². The van der Waals surface area contributed by atoms with E-state index in [1.165, 1.54) is 12.8 Å². The molecule has 2 fully saturated rings. The van der Waals surface area contributed by atoms with Gasteiger partial charge in [0.2, 0.25) is 17.7 Å². The number of rotatable bonds is 3. The Hall–Kier alpha value is -2.18. The Labute approximate surface area is 127 Å². The third kappa shape index (κ3) is 2.30. The maximum absolute atomic E-state index is 12.4. The second-order valence-corrected chi connectivity index (χ2v) is 6.25. The summed E-state index contributed by atoms with van der Waals surface area (Å²) < 4.78 is 1.98. The van der Waals surface area contributed by atoms with Crippen LogP contribution in [0.15, 0.2) is 6.07 Å². The van der Waals surface area contributed by atoms with Gasteiger partial charge in [0.05, 0.1) is 24.5 Å². The van der Waals surface area contributed by atoms with Gasteiger partial charge in [-0.15, -0.1) is 0 Å². The van der Waals surface area contributed by atoms with Gasteiger partial charge >= 0.3 is 0 Å². The number of hydrogen-bond acceptors (Lipinski definition) is 4. The minimum atomic E-state index is -0.239. The lowest BCUT2D eigenvalue weighted by molar-refractivity contribution is -0.146. The lowest BCUT2D eigenvalue weighted by atomic mass is 10.2. The van der Waals surface area contributed by atoms with Crippen LogP contribution in [0.1, 0.15) is 43.0 Å². The summed E-state index contributed by atoms with van der Waals surface area (Å²) >= 11 is 0. The van der Waals surface area contributed by atoms with Crippen LogP contribution in [-0.4, -0.2) is 50.4 Å². The van der Waals surface area contributed by atoms with Gasteiger partial charge in [-0.1, -0.05) is 0 Å². The number of amides is 3. The van der Waals surface area contributed by atoms with E-state index in [1.54, 1.807) is 4.90 Å². The van der Waals surface area contributed by atoms with Gasteiger partial charge in [-0.2, -0.15) is 5.10 Å². The zero-order valence-corrected chi connectivity index (χ0v) is 12.3. The second-order valence-electron chi connectivity index (χ2n) is 6.25. The van der Waals surface area contributed by atoms with Gasteiger partial charge in [0, 0.05) is 25.3 Å². The number of carbonyl (C=O) groups is 3. The average Bonchev–Trinajstić information content (AvgIpc) is 3.21. The maximum Gasteiger partial charge on any atom is 0.243 e. The van der Waals surface area contributed by atoms with Crippen LogP contribution in [0.4, 0.5) is 0 Å². The van der Waals surface area contributed by atoms with E-state index in [9.17, 15) is 14.4 Å². The highest BCUT2D eigenvalue weighted by molar-refractivity contribution is 6.04. The monoisotopic (exact) mass is 302 g/mol. The predicted octanol–water partition coefficient (Wildman–Crippen LogP) is 0.252. The molecular formula is C15H18N4O3. The Bertz CT molecular complexity index is 646. The molecule has 2 aliphatic heterocycles. The molecule has 0 atom stereocenters. The molecule has 116 valence electrons. The van der Waals surface area contributed by atoms with Crippen molar-refractivity contribution < 1.29 is 14.4 Å². The van der Waals surface area contributed by atoms with Crippen LogP contribution in [0.25, 0.3) is 0 Å². The molecule has 7 heteroatoms. The van der Waals surface area contributed by atoms with Gasteiger partial charge in [0.25, 0.3) is 0 Å². The van der Waals surface area contributed by atoms with Gasteiger partial charge in [-0.25, -0.2) is 0 Å². The van der Waals surface area contributed by atoms with Gasteiger partial charge < -0.3 is 4.90 Å². The summed E-state index contributed by atoms with van der Waals surface area (Å²) in [5, 5.41) is 4.59. The predicted molar refractivity (Wildman–Crippen MR) is 75.6 cm³/mol. The van der Waals surface area contributed by atoms with Crippen LogP contribution in [0.3, 0.4) is 0 Å². The summed E-state index contributed by atoms with van der Waals surface area (Å²) in [7, 11) is 0. The minimum Gasteiger partial charge on any atom is -0.333 e. The van der Waals surface area contributed by atoms with E-state index in [1.807, 2.05) is 4.68 Å². The number of hydrogen-bond donors (Lipinski definition) is 0. The van der Waals surface area contributed by atoms with Crippen LogP contribution < -0.4 is 0 Å². The van der Waals surface area contributed by atoms with Crippen molar-refractivity contribution in [2.24, 2.45) is 0 Å². The van der Waals surface area contributed by atoms with Crippen molar-refractivity contribution >= 4 is 17.7 Å². The van der Waals surface area contributed by atoms with Gasteiger partial charge in [-0.3, -0.25) is 24.0 Å². The van der Waals surface area contributed by atoms with Crippen molar-refractivity contribution in [1.82, 2.24) is 19.6 Å². The van der Waals surface area contributed by atoms with E-state index < -0.39 is 0 Å². The summed E-state index contributed by atoms with van der Waals surface area (Å²) in [4.78, 5) is 38.4. The third-order valence-corrected chi connectivity index (χ3v) is 4.61. The second kappa shape index (κ2) is 4.93. The SMILES string of the molecule is O=C(CN1C(=O)CCC1=O)N1CCn2nc(C3CC3)cc2C1. The molecule has 1 aromatic rings. The summed E-state index contributed by atoms with van der Waals surface area (Å²) in [5.74, 6) is -0.0426. The highest BCUT2D eigenvalue weighted by Crippen LogP contribution is 2.39. The number of likely N-dealkylation sites (tertiary alicyclic amines) is 1. The van der Waals surface area contributed by atoms with Crippen LogP contribution in [0, 0.1) is 0 Å². The number of carbonyl (C=O) groups excluding carboxylic acids is 3. The Morgan fingerprint density at radius 1 is 1.18 bits per heavy atom. The highest BCUT2D eigenvalue weighted by atomic mass is 16.2. The molecule has 3 amide bonds. The third-order valence-electron chi connectivity index (χ3n) is 4.61. The molecular weight excluding hydrogens is 284 g/mol. The van der Waals surface area contributed by atoms with Gasteiger partial charge in [0.1, 0.15) is 6.54 Å². The van der Waals surface area contributed by atoms with Crippen molar-refractivity contribution in [2.75, 3.05) is 13.1 Å². The fraction of sp³-hybridized carbons (Fsp3) is 0.600. The lowest BCUT2D eigenvalue weighted by Crippen LogP contribution is -2.45. The van der Waals surface area contributed by atoms with Crippen LogP contribution in [0.2, 0.25) is 0 Å². The molecule has 3 heterocycles. The van der Waals surface area contributed by atoms with E-state index in [0.717, 1.165) is 16.3 Å². The van der Waals surface area contributed by atoms with Gasteiger partial charge in [0.15, 0.2) is 0 Å². The molecule has 4 rings (SSSR count). The first-order valence-electron chi connectivity index (χ1n) is 7.79. The van der Waals surface area contributed by atoms with Crippen LogP contribution >= 0.6 is 0 Å². The Kier molecular flexibility index (Phi) is 3.02. The van der Waals surface area contributed by atoms with Crippen LogP contribution in [-0.2, 0) is 27.5 Å². The molecule has 0 unspecified atom stereocenters. The number of fused-ring (bicyclic) bond motifs is 1. The lowest BCUT2D eigenvalue weighted by Gasteiger charge is -2.29. The summed E-state index contributed by atoms with van der Waals surface area (Å²) in [6.45, 7) is 1.64. The fourth-order valence-electron chi connectivity index (χ4n) is 3.11. The van der Waals surface area contributed by atoms with E-state index in [4.69, 9.17) is 0 Å². The van der Waals surface area contributed by atoms with Crippen molar-refractivity contribution in [1.29, 1.82) is 0 Å². The molecule has 1 saturated carbocycles. The molecule has 22 heavy (non-hydrogen) atoms. The van der Waals surface area contributed by atoms with E-state index in [0.29, 0.717) is 25.6 Å². The van der Waals surface area contributed by atoms with Crippen molar-refractivity contribution in [3.63, 3.8) is 0 Å². The first-order chi connectivity index (χ1) is 10.6. The number of imide groups is 1. The molecule has 0 bridgehead atoms. The molecule has 0 radical (unpaired) electrons. The minimum absolute atomic E-state index is 0.124. The van der Waals surface area contributed by atoms with Crippen molar-refractivity contribution in [3.05, 3.63) is 17.5 Å². The summed E-state index contributed by atoms with van der Waals surface area (Å²) in [6.07, 6.45) is 2.86. The van der Waals surface area contributed by atoms with E-state index in [-0.39, 0.29) is 37.1 Å². The molecule has 1 aromatic heterocycles. The quantitative estimate of drug-likeness (QED) is 0.750. The molecule has 1 saturated heterocycles. The first kappa shape index (κ1) is 13.5. The van der Waals surface area contributed by atoms with Crippen LogP contribution in [0.5, 0.6) is 0 Å². The first-order valence-corrected chi connectivity index (χ1v) is 7.79. The summed E-state index contributed by atoms with van der Waals surface area (Å²) in [5.41, 5.74) is 2.18. The Morgan fingerprint density at radius 2 is 1.91 bits per heavy atom. The smallest absolute Gasteiger partial charge is 0.243 e. The Morgan fingerprint density at radius 3 is 2.59 bits per heavy atom. The summed E-state index contributed by atoms with van der Waals surface area (Å²) in [6, 6.07) is 2.09. The molecule has 3 aliphatic rings. The number of nitrogens with zero attached hydrogens (tertiary/aromatic N) is 4. The average molecular weight is 302 g/mol. The molecule has 7 nitrogen and oxygen atoms in total. The molecule has 1 aliphatic carbocycles. The highest BCUT2D eigenvalue weighted by Gasteiger charge is 2.33. The fourth-order valence-corrected chi connectivity index (χ4v) is 3.11.